The van der Waals surface area contributed by atoms with Gasteiger partial charge in [0.25, 0.3) is 0 Å². The largest absolute Gasteiger partial charge is 0.366 e. The first-order valence-electron chi connectivity index (χ1n) is 4.24. The zero-order valence-electron chi connectivity index (χ0n) is 8.76. The fourth-order valence-electron chi connectivity index (χ4n) is 0.447. The van der Waals surface area contributed by atoms with Crippen LogP contribution in [0.2, 0.25) is 0 Å². The van der Waals surface area contributed by atoms with Crippen LogP contribution >= 0.6 is 0 Å². The van der Waals surface area contributed by atoms with Crippen molar-refractivity contribution in [3.05, 3.63) is 37.0 Å². The molecule has 6 nitrogen and oxygen atoms in total. The Labute approximate surface area is 93.5 Å². The van der Waals surface area contributed by atoms with E-state index in [4.69, 9.17) is 11.5 Å². The number of allylic oxidation sites excluding steroid dienone is 2. The van der Waals surface area contributed by atoms with E-state index in [1.165, 1.54) is 12.2 Å². The van der Waals surface area contributed by atoms with Crippen LogP contribution in [-0.2, 0) is 14.4 Å². The first-order valence-corrected chi connectivity index (χ1v) is 4.24. The van der Waals surface area contributed by atoms with Crippen LogP contribution < -0.4 is 17.2 Å². The first-order chi connectivity index (χ1) is 7.40. The molecule has 0 aliphatic heterocycles. The number of hydrogen-bond donors (Lipinski definition) is 3. The highest BCUT2D eigenvalue weighted by Crippen LogP contribution is 1.84. The zero-order chi connectivity index (χ0) is 13.0. The first kappa shape index (κ1) is 16.1. The van der Waals surface area contributed by atoms with Gasteiger partial charge in [-0.2, -0.15) is 0 Å². The Morgan fingerprint density at radius 3 is 1.38 bits per heavy atom. The summed E-state index contributed by atoms with van der Waals surface area (Å²) in [5.74, 6) is -1.49. The summed E-state index contributed by atoms with van der Waals surface area (Å²) in [5, 5.41) is 0. The maximum Gasteiger partial charge on any atom is 0.241 e. The van der Waals surface area contributed by atoms with Gasteiger partial charge in [0.2, 0.25) is 17.7 Å². The van der Waals surface area contributed by atoms with E-state index < -0.39 is 17.7 Å². The average molecular weight is 225 g/mol. The molecule has 0 atom stereocenters. The minimum Gasteiger partial charge on any atom is -0.366 e. The second-order valence-corrected chi connectivity index (χ2v) is 2.45. The molecule has 0 heterocycles. The van der Waals surface area contributed by atoms with E-state index in [9.17, 15) is 14.4 Å². The van der Waals surface area contributed by atoms with Gasteiger partial charge in [0, 0.05) is 0 Å². The zero-order valence-corrected chi connectivity index (χ0v) is 8.76. The number of primary amides is 3. The molecule has 0 bridgehead atoms. The van der Waals surface area contributed by atoms with Gasteiger partial charge in [-0.1, -0.05) is 18.7 Å². The lowest BCUT2D eigenvalue weighted by molar-refractivity contribution is -0.114. The van der Waals surface area contributed by atoms with E-state index in [1.807, 2.05) is 0 Å². The lowest BCUT2D eigenvalue weighted by Crippen LogP contribution is -2.05. The lowest BCUT2D eigenvalue weighted by atomic mass is 10.3. The Hall–Kier alpha value is -2.37. The van der Waals surface area contributed by atoms with Gasteiger partial charge in [-0.3, -0.25) is 14.4 Å². The van der Waals surface area contributed by atoms with Crippen molar-refractivity contribution in [2.45, 2.75) is 6.42 Å². The molecule has 0 radical (unpaired) electrons. The van der Waals surface area contributed by atoms with Gasteiger partial charge in [0.15, 0.2) is 0 Å². The average Bonchev–Trinajstić information content (AvgIpc) is 2.17. The number of rotatable bonds is 5. The number of amides is 3. The fraction of sp³-hybridized carbons (Fsp3) is 0.100. The van der Waals surface area contributed by atoms with Crippen molar-refractivity contribution >= 4 is 17.7 Å². The van der Waals surface area contributed by atoms with Crippen molar-refractivity contribution in [2.24, 2.45) is 17.2 Å². The summed E-state index contributed by atoms with van der Waals surface area (Å²) >= 11 is 0. The summed E-state index contributed by atoms with van der Waals surface area (Å²) < 4.78 is 0. The summed E-state index contributed by atoms with van der Waals surface area (Å²) in [6.45, 7) is 3.09. The van der Waals surface area contributed by atoms with Crippen LogP contribution in [0, 0.1) is 0 Å². The SMILES string of the molecule is C=CC(N)=O.NC(=O)C=CCC=CC(N)=O. The van der Waals surface area contributed by atoms with Crippen LogP contribution in [0.25, 0.3) is 0 Å². The lowest BCUT2D eigenvalue weighted by Gasteiger charge is -1.80. The van der Waals surface area contributed by atoms with Gasteiger partial charge in [0.05, 0.1) is 0 Å². The summed E-state index contributed by atoms with van der Waals surface area (Å²) in [6.07, 6.45) is 7.08. The van der Waals surface area contributed by atoms with Crippen molar-refractivity contribution in [3.63, 3.8) is 0 Å². The van der Waals surface area contributed by atoms with Crippen LogP contribution in [0.1, 0.15) is 6.42 Å². The second-order valence-electron chi connectivity index (χ2n) is 2.45. The molecule has 0 saturated carbocycles. The molecule has 6 heteroatoms. The maximum absolute atomic E-state index is 10.1. The third-order valence-corrected chi connectivity index (χ3v) is 1.04. The molecular weight excluding hydrogens is 210 g/mol. The molecule has 0 saturated heterocycles. The highest BCUT2D eigenvalue weighted by molar-refractivity contribution is 5.86. The van der Waals surface area contributed by atoms with Crippen LogP contribution in [0.3, 0.4) is 0 Å². The van der Waals surface area contributed by atoms with Crippen molar-refractivity contribution in [1.29, 1.82) is 0 Å². The molecule has 0 aliphatic rings. The number of hydrogen-bond acceptors (Lipinski definition) is 3. The number of nitrogens with two attached hydrogens (primary N) is 3. The summed E-state index contributed by atoms with van der Waals surface area (Å²) in [5.41, 5.74) is 14.1. The van der Waals surface area contributed by atoms with E-state index in [0.29, 0.717) is 6.42 Å². The Balaban J connectivity index is 0. The summed E-state index contributed by atoms with van der Waals surface area (Å²) in [7, 11) is 0. The van der Waals surface area contributed by atoms with E-state index >= 15 is 0 Å². The summed E-state index contributed by atoms with van der Waals surface area (Å²) in [6, 6.07) is 0. The van der Waals surface area contributed by atoms with Gasteiger partial charge < -0.3 is 17.2 Å². The quantitative estimate of drug-likeness (QED) is 0.525. The molecule has 0 aromatic carbocycles. The van der Waals surface area contributed by atoms with Crippen molar-refractivity contribution < 1.29 is 14.4 Å². The molecule has 0 aromatic heterocycles. The molecule has 0 spiro atoms. The van der Waals surface area contributed by atoms with Crippen LogP contribution in [0.5, 0.6) is 0 Å². The van der Waals surface area contributed by atoms with Crippen LogP contribution in [0.15, 0.2) is 37.0 Å². The normalized spacial score (nSPS) is 9.50. The molecule has 0 rings (SSSR count). The number of carbonyl (C=O) groups excluding carboxylic acids is 3. The van der Waals surface area contributed by atoms with E-state index in [2.05, 4.69) is 12.3 Å². The predicted molar refractivity (Wildman–Crippen MR) is 60.7 cm³/mol. The maximum atomic E-state index is 10.1. The fourth-order valence-corrected chi connectivity index (χ4v) is 0.447. The van der Waals surface area contributed by atoms with Gasteiger partial charge >= 0.3 is 0 Å². The Bertz CT molecular complexity index is 297. The van der Waals surface area contributed by atoms with Crippen molar-refractivity contribution in [2.75, 3.05) is 0 Å². The van der Waals surface area contributed by atoms with E-state index in [-0.39, 0.29) is 0 Å². The minimum absolute atomic E-state index is 0.478. The third kappa shape index (κ3) is 22.6. The van der Waals surface area contributed by atoms with Crippen molar-refractivity contribution in [1.82, 2.24) is 0 Å². The van der Waals surface area contributed by atoms with E-state index in [1.54, 1.807) is 12.2 Å². The molecule has 3 amide bonds. The van der Waals surface area contributed by atoms with Gasteiger partial charge in [0.1, 0.15) is 0 Å². The smallest absolute Gasteiger partial charge is 0.241 e. The Kier molecular flexibility index (Phi) is 10.8. The predicted octanol–water partition coefficient (Wildman–Crippen LogP) is -0.883. The molecule has 6 N–H and O–H groups in total. The van der Waals surface area contributed by atoms with Crippen LogP contribution in [0.4, 0.5) is 0 Å². The topological polar surface area (TPSA) is 129 Å². The molecule has 0 aliphatic carbocycles. The van der Waals surface area contributed by atoms with Gasteiger partial charge in [-0.25, -0.2) is 0 Å². The summed E-state index contributed by atoms with van der Waals surface area (Å²) in [4.78, 5) is 29.7. The Morgan fingerprint density at radius 2 is 1.19 bits per heavy atom. The number of carbonyl (C=O) groups is 3. The Morgan fingerprint density at radius 1 is 0.875 bits per heavy atom. The van der Waals surface area contributed by atoms with Crippen LogP contribution in [-0.4, -0.2) is 17.7 Å². The van der Waals surface area contributed by atoms with Gasteiger partial charge in [-0.05, 0) is 24.6 Å². The highest BCUT2D eigenvalue weighted by atomic mass is 16.1. The minimum atomic E-state index is -0.502. The monoisotopic (exact) mass is 225 g/mol. The molecular formula is C10H15N3O3. The van der Waals surface area contributed by atoms with Crippen molar-refractivity contribution in [3.8, 4) is 0 Å². The van der Waals surface area contributed by atoms with Gasteiger partial charge in [-0.15, -0.1) is 0 Å². The molecule has 16 heavy (non-hydrogen) atoms. The standard InChI is InChI=1S/C7H10N2O2.C3H5NO/c8-6(10)4-2-1-3-5-7(9)11;1-2-3(4)5/h2-5H,1H2,(H2,8,10)(H2,9,11);2H,1H2,(H2,4,5). The molecule has 0 fully saturated rings. The van der Waals surface area contributed by atoms with E-state index in [0.717, 1.165) is 6.08 Å². The highest BCUT2D eigenvalue weighted by Gasteiger charge is 1.81. The molecule has 0 aromatic rings. The molecule has 0 unspecified atom stereocenters. The second kappa shape index (κ2) is 10.7. The molecule has 88 valence electrons. The third-order valence-electron chi connectivity index (χ3n) is 1.04.